The molecule has 5 heteroatoms. The lowest BCUT2D eigenvalue weighted by Gasteiger charge is -2.13. The Morgan fingerprint density at radius 1 is 1.42 bits per heavy atom. The van der Waals surface area contributed by atoms with Crippen molar-refractivity contribution in [3.8, 4) is 5.75 Å². The van der Waals surface area contributed by atoms with E-state index in [0.717, 1.165) is 6.54 Å². The van der Waals surface area contributed by atoms with Crippen LogP contribution >= 0.6 is 23.2 Å². The molecule has 19 heavy (non-hydrogen) atoms. The van der Waals surface area contributed by atoms with E-state index in [0.29, 0.717) is 22.3 Å². The summed E-state index contributed by atoms with van der Waals surface area (Å²) < 4.78 is 5.44. The van der Waals surface area contributed by atoms with Gasteiger partial charge in [-0.3, -0.25) is 0 Å². The fourth-order valence-corrected chi connectivity index (χ4v) is 1.69. The molecule has 1 aromatic carbocycles. The number of allylic oxidation sites excluding steroid dienone is 1. The summed E-state index contributed by atoms with van der Waals surface area (Å²) in [6.45, 7) is 5.42. The number of hydrogen-bond acceptors (Lipinski definition) is 3. The van der Waals surface area contributed by atoms with Gasteiger partial charge in [-0.25, -0.2) is 0 Å². The standard InChI is InChI=1S/C14H19Cl2NO2/c1-10(2)5-6-17-8-12(18)9-19-14-7-11(15)3-4-13(14)16/h3-5,7,12,17-18H,6,8-9H2,1-2H3. The molecule has 0 saturated carbocycles. The van der Waals surface area contributed by atoms with Crippen molar-refractivity contribution in [3.05, 3.63) is 39.9 Å². The molecule has 1 rings (SSSR count). The first kappa shape index (κ1) is 16.3. The van der Waals surface area contributed by atoms with Crippen LogP contribution in [-0.2, 0) is 0 Å². The summed E-state index contributed by atoms with van der Waals surface area (Å²) in [5.41, 5.74) is 1.24. The van der Waals surface area contributed by atoms with Gasteiger partial charge >= 0.3 is 0 Å². The van der Waals surface area contributed by atoms with E-state index in [-0.39, 0.29) is 6.61 Å². The lowest BCUT2D eigenvalue weighted by atomic mass is 10.3. The van der Waals surface area contributed by atoms with Gasteiger partial charge in [0.25, 0.3) is 0 Å². The second kappa shape index (κ2) is 8.43. The van der Waals surface area contributed by atoms with Crippen LogP contribution in [-0.4, -0.2) is 30.9 Å². The van der Waals surface area contributed by atoms with Gasteiger partial charge in [0.2, 0.25) is 0 Å². The van der Waals surface area contributed by atoms with Crippen LogP contribution < -0.4 is 10.1 Å². The van der Waals surface area contributed by atoms with E-state index < -0.39 is 6.10 Å². The van der Waals surface area contributed by atoms with Crippen molar-refractivity contribution in [2.45, 2.75) is 20.0 Å². The third-order valence-corrected chi connectivity index (χ3v) is 2.91. The Morgan fingerprint density at radius 3 is 2.84 bits per heavy atom. The molecule has 0 aliphatic carbocycles. The highest BCUT2D eigenvalue weighted by atomic mass is 35.5. The number of ether oxygens (including phenoxy) is 1. The predicted octanol–water partition coefficient (Wildman–Crippen LogP) is 3.29. The molecule has 106 valence electrons. The summed E-state index contributed by atoms with van der Waals surface area (Å²) >= 11 is 11.8. The molecule has 0 saturated heterocycles. The number of hydrogen-bond donors (Lipinski definition) is 2. The molecule has 0 spiro atoms. The minimum atomic E-state index is -0.597. The average Bonchev–Trinajstić information content (AvgIpc) is 2.35. The van der Waals surface area contributed by atoms with Gasteiger partial charge in [0.1, 0.15) is 18.5 Å². The molecule has 0 heterocycles. The van der Waals surface area contributed by atoms with Crippen molar-refractivity contribution < 1.29 is 9.84 Å². The van der Waals surface area contributed by atoms with Gasteiger partial charge in [0.15, 0.2) is 0 Å². The first-order chi connectivity index (χ1) is 8.99. The molecule has 0 aromatic heterocycles. The van der Waals surface area contributed by atoms with Crippen molar-refractivity contribution in [1.82, 2.24) is 5.32 Å². The van der Waals surface area contributed by atoms with Crippen molar-refractivity contribution in [1.29, 1.82) is 0 Å². The smallest absolute Gasteiger partial charge is 0.139 e. The number of benzene rings is 1. The zero-order chi connectivity index (χ0) is 14.3. The molecular weight excluding hydrogens is 285 g/mol. The molecule has 0 bridgehead atoms. The zero-order valence-corrected chi connectivity index (χ0v) is 12.6. The van der Waals surface area contributed by atoms with Crippen molar-refractivity contribution >= 4 is 23.2 Å². The molecule has 0 amide bonds. The van der Waals surface area contributed by atoms with Crippen molar-refractivity contribution in [3.63, 3.8) is 0 Å². The molecule has 0 aliphatic heterocycles. The van der Waals surface area contributed by atoms with E-state index in [4.69, 9.17) is 27.9 Å². The van der Waals surface area contributed by atoms with E-state index in [1.54, 1.807) is 18.2 Å². The zero-order valence-electron chi connectivity index (χ0n) is 11.1. The van der Waals surface area contributed by atoms with Crippen molar-refractivity contribution in [2.24, 2.45) is 0 Å². The van der Waals surface area contributed by atoms with Crippen LogP contribution in [0.15, 0.2) is 29.8 Å². The molecule has 1 atom stereocenters. The van der Waals surface area contributed by atoms with Crippen molar-refractivity contribution in [2.75, 3.05) is 19.7 Å². The topological polar surface area (TPSA) is 41.5 Å². The Bertz CT molecular complexity index is 431. The Kier molecular flexibility index (Phi) is 7.24. The van der Waals surface area contributed by atoms with Gasteiger partial charge in [-0.1, -0.05) is 34.9 Å². The molecule has 0 aliphatic rings. The van der Waals surface area contributed by atoms with Crippen LogP contribution in [0.2, 0.25) is 10.0 Å². The highest BCUT2D eigenvalue weighted by molar-refractivity contribution is 6.34. The monoisotopic (exact) mass is 303 g/mol. The van der Waals surface area contributed by atoms with Crippen LogP contribution in [0.5, 0.6) is 5.75 Å². The summed E-state index contributed by atoms with van der Waals surface area (Å²) in [6.07, 6.45) is 1.46. The number of rotatable bonds is 7. The number of nitrogens with one attached hydrogen (secondary N) is 1. The van der Waals surface area contributed by atoms with E-state index in [9.17, 15) is 5.11 Å². The van der Waals surface area contributed by atoms with Gasteiger partial charge in [-0.15, -0.1) is 0 Å². The summed E-state index contributed by atoms with van der Waals surface area (Å²) in [5.74, 6) is 0.484. The SMILES string of the molecule is CC(C)=CCNCC(O)COc1cc(Cl)ccc1Cl. The number of aliphatic hydroxyl groups is 1. The first-order valence-corrected chi connectivity index (χ1v) is 6.84. The van der Waals surface area contributed by atoms with Crippen LogP contribution in [0, 0.1) is 0 Å². The number of halogens is 2. The summed E-state index contributed by atoms with van der Waals surface area (Å²) in [6, 6.07) is 4.99. The normalized spacial score (nSPS) is 12.1. The van der Waals surface area contributed by atoms with Gasteiger partial charge in [0, 0.05) is 24.2 Å². The Hall–Kier alpha value is -0.740. The quantitative estimate of drug-likeness (QED) is 0.600. The Morgan fingerprint density at radius 2 is 2.16 bits per heavy atom. The highest BCUT2D eigenvalue weighted by Gasteiger charge is 2.07. The average molecular weight is 304 g/mol. The van der Waals surface area contributed by atoms with E-state index in [2.05, 4.69) is 11.4 Å². The second-order valence-electron chi connectivity index (χ2n) is 4.48. The molecule has 0 fully saturated rings. The maximum Gasteiger partial charge on any atom is 0.139 e. The van der Waals surface area contributed by atoms with Crippen LogP contribution in [0.3, 0.4) is 0 Å². The molecule has 2 N–H and O–H groups in total. The van der Waals surface area contributed by atoms with Crippen LogP contribution in [0.1, 0.15) is 13.8 Å². The molecular formula is C14H19Cl2NO2. The van der Waals surface area contributed by atoms with Gasteiger partial charge in [0.05, 0.1) is 5.02 Å². The van der Waals surface area contributed by atoms with Gasteiger partial charge in [-0.05, 0) is 26.0 Å². The highest BCUT2D eigenvalue weighted by Crippen LogP contribution is 2.27. The van der Waals surface area contributed by atoms with E-state index in [1.807, 2.05) is 13.8 Å². The largest absolute Gasteiger partial charge is 0.489 e. The second-order valence-corrected chi connectivity index (χ2v) is 5.32. The molecule has 0 radical (unpaired) electrons. The Balaban J connectivity index is 2.31. The van der Waals surface area contributed by atoms with Crippen LogP contribution in [0.25, 0.3) is 0 Å². The van der Waals surface area contributed by atoms with E-state index in [1.165, 1.54) is 5.57 Å². The maximum absolute atomic E-state index is 9.75. The summed E-state index contributed by atoms with van der Waals surface area (Å²) in [4.78, 5) is 0. The molecule has 1 aromatic rings. The third-order valence-electron chi connectivity index (χ3n) is 2.36. The minimum Gasteiger partial charge on any atom is -0.489 e. The maximum atomic E-state index is 9.75. The van der Waals surface area contributed by atoms with Crippen LogP contribution in [0.4, 0.5) is 0 Å². The Labute approximate surface area is 124 Å². The van der Waals surface area contributed by atoms with E-state index >= 15 is 0 Å². The molecule has 3 nitrogen and oxygen atoms in total. The summed E-state index contributed by atoms with van der Waals surface area (Å²) in [5, 5.41) is 13.9. The lowest BCUT2D eigenvalue weighted by Crippen LogP contribution is -2.31. The third kappa shape index (κ3) is 6.83. The molecule has 1 unspecified atom stereocenters. The van der Waals surface area contributed by atoms with Gasteiger partial charge in [-0.2, -0.15) is 0 Å². The fourth-order valence-electron chi connectivity index (χ4n) is 1.36. The predicted molar refractivity (Wildman–Crippen MR) is 80.3 cm³/mol. The number of aliphatic hydroxyl groups excluding tert-OH is 1. The lowest BCUT2D eigenvalue weighted by molar-refractivity contribution is 0.107. The first-order valence-electron chi connectivity index (χ1n) is 6.09. The van der Waals surface area contributed by atoms with Gasteiger partial charge < -0.3 is 15.2 Å². The minimum absolute atomic E-state index is 0.169. The summed E-state index contributed by atoms with van der Waals surface area (Å²) in [7, 11) is 0. The fraction of sp³-hybridized carbons (Fsp3) is 0.429.